The molecule has 2 N–H and O–H groups in total. The summed E-state index contributed by atoms with van der Waals surface area (Å²) in [5, 5.41) is 0. The van der Waals surface area contributed by atoms with Crippen molar-refractivity contribution in [3.63, 3.8) is 0 Å². The zero-order valence-electron chi connectivity index (χ0n) is 10.0. The summed E-state index contributed by atoms with van der Waals surface area (Å²) in [6, 6.07) is 7.62. The number of nitrogen functional groups attached to an aromatic ring is 1. The van der Waals surface area contributed by atoms with E-state index < -0.39 is 0 Å². The Kier molecular flexibility index (Phi) is 2.98. The van der Waals surface area contributed by atoms with Crippen LogP contribution in [0.15, 0.2) is 24.3 Å². The molecule has 0 amide bonds. The molecule has 1 saturated heterocycles. The Morgan fingerprint density at radius 3 is 2.50 bits per heavy atom. The van der Waals surface area contributed by atoms with Crippen molar-refractivity contribution in [2.75, 3.05) is 18.9 Å². The fourth-order valence-corrected chi connectivity index (χ4v) is 2.04. The van der Waals surface area contributed by atoms with Crippen molar-refractivity contribution in [1.82, 2.24) is 9.97 Å². The average Bonchev–Trinajstić information content (AvgIpc) is 2.41. The van der Waals surface area contributed by atoms with Gasteiger partial charge in [0.15, 0.2) is 5.82 Å². The Bertz CT molecular complexity index is 553. The van der Waals surface area contributed by atoms with Crippen molar-refractivity contribution in [3.05, 3.63) is 24.3 Å². The van der Waals surface area contributed by atoms with Gasteiger partial charge in [0.2, 0.25) is 0 Å². The lowest BCUT2D eigenvalue weighted by molar-refractivity contribution is 0.0241. The smallest absolute Gasteiger partial charge is 0.258 e. The second-order valence-electron chi connectivity index (χ2n) is 4.33. The number of para-hydroxylation sites is 2. The van der Waals surface area contributed by atoms with Crippen molar-refractivity contribution in [2.45, 2.75) is 18.9 Å². The quantitative estimate of drug-likeness (QED) is 0.873. The minimum atomic E-state index is 0.122. The standard InChI is InChI=1S/C13H15N3O2/c14-12-13(18-9-5-7-17-8-6-9)16-11-4-2-1-3-10(11)15-12/h1-4,9H,5-8H2,(H2,14,15). The summed E-state index contributed by atoms with van der Waals surface area (Å²) in [5.74, 6) is 0.779. The number of nitrogens with zero attached hydrogens (tertiary/aromatic N) is 2. The summed E-state index contributed by atoms with van der Waals surface area (Å²) in [7, 11) is 0. The van der Waals surface area contributed by atoms with Crippen LogP contribution in [0.2, 0.25) is 0 Å². The van der Waals surface area contributed by atoms with Crippen molar-refractivity contribution < 1.29 is 9.47 Å². The van der Waals surface area contributed by atoms with Gasteiger partial charge in [-0.1, -0.05) is 12.1 Å². The maximum absolute atomic E-state index is 5.87. The van der Waals surface area contributed by atoms with E-state index in [1.165, 1.54) is 0 Å². The largest absolute Gasteiger partial charge is 0.472 e. The first-order valence-electron chi connectivity index (χ1n) is 6.09. The van der Waals surface area contributed by atoms with Gasteiger partial charge in [0, 0.05) is 12.8 Å². The number of anilines is 1. The molecule has 3 rings (SSSR count). The molecule has 18 heavy (non-hydrogen) atoms. The fourth-order valence-electron chi connectivity index (χ4n) is 2.04. The number of aromatic nitrogens is 2. The van der Waals surface area contributed by atoms with Crippen LogP contribution in [0.1, 0.15) is 12.8 Å². The molecule has 1 fully saturated rings. The molecule has 0 spiro atoms. The van der Waals surface area contributed by atoms with E-state index in [-0.39, 0.29) is 6.10 Å². The second-order valence-corrected chi connectivity index (χ2v) is 4.33. The van der Waals surface area contributed by atoms with Crippen LogP contribution in [0, 0.1) is 0 Å². The molecule has 1 aliphatic heterocycles. The van der Waals surface area contributed by atoms with E-state index in [1.807, 2.05) is 24.3 Å². The van der Waals surface area contributed by atoms with Crippen LogP contribution < -0.4 is 10.5 Å². The molecule has 0 atom stereocenters. The van der Waals surface area contributed by atoms with Gasteiger partial charge in [-0.3, -0.25) is 0 Å². The highest BCUT2D eigenvalue weighted by atomic mass is 16.5. The molecule has 0 radical (unpaired) electrons. The van der Waals surface area contributed by atoms with Gasteiger partial charge in [-0.25, -0.2) is 9.97 Å². The van der Waals surface area contributed by atoms with Gasteiger partial charge in [-0.05, 0) is 12.1 Å². The average molecular weight is 245 g/mol. The van der Waals surface area contributed by atoms with E-state index in [1.54, 1.807) is 0 Å². The Morgan fingerprint density at radius 1 is 1.11 bits per heavy atom. The second kappa shape index (κ2) is 4.78. The molecule has 0 unspecified atom stereocenters. The molecular formula is C13H15N3O2. The van der Waals surface area contributed by atoms with Crippen LogP contribution in [0.25, 0.3) is 11.0 Å². The van der Waals surface area contributed by atoms with Gasteiger partial charge in [0.05, 0.1) is 24.2 Å². The van der Waals surface area contributed by atoms with Crippen molar-refractivity contribution >= 4 is 16.9 Å². The maximum Gasteiger partial charge on any atom is 0.258 e. The number of ether oxygens (including phenoxy) is 2. The zero-order valence-corrected chi connectivity index (χ0v) is 10.0. The molecule has 2 aromatic rings. The van der Waals surface area contributed by atoms with Gasteiger partial charge >= 0.3 is 0 Å². The van der Waals surface area contributed by atoms with Gasteiger partial charge in [-0.15, -0.1) is 0 Å². The Hall–Kier alpha value is -1.88. The predicted molar refractivity (Wildman–Crippen MR) is 68.4 cm³/mol. The third-order valence-electron chi connectivity index (χ3n) is 3.01. The molecule has 0 saturated carbocycles. The van der Waals surface area contributed by atoms with Crippen LogP contribution in [0.3, 0.4) is 0 Å². The Labute approximate surface area is 105 Å². The summed E-state index contributed by atoms with van der Waals surface area (Å²) in [5.41, 5.74) is 7.46. The third kappa shape index (κ3) is 2.22. The number of hydrogen-bond donors (Lipinski definition) is 1. The van der Waals surface area contributed by atoms with Crippen LogP contribution in [0.5, 0.6) is 5.88 Å². The van der Waals surface area contributed by atoms with Gasteiger partial charge in [0.25, 0.3) is 5.88 Å². The van der Waals surface area contributed by atoms with Crippen molar-refractivity contribution in [2.24, 2.45) is 0 Å². The topological polar surface area (TPSA) is 70.3 Å². The summed E-state index contributed by atoms with van der Waals surface area (Å²) in [6.45, 7) is 1.46. The SMILES string of the molecule is Nc1nc2ccccc2nc1OC1CCOCC1. The van der Waals surface area contributed by atoms with Crippen LogP contribution >= 0.6 is 0 Å². The molecule has 1 aromatic heterocycles. The first-order valence-corrected chi connectivity index (χ1v) is 6.09. The molecule has 1 aliphatic rings. The number of benzene rings is 1. The van der Waals surface area contributed by atoms with E-state index in [0.717, 1.165) is 37.1 Å². The van der Waals surface area contributed by atoms with Crippen LogP contribution in [-0.4, -0.2) is 29.3 Å². The first kappa shape index (κ1) is 11.2. The highest BCUT2D eigenvalue weighted by Crippen LogP contribution is 2.23. The van der Waals surface area contributed by atoms with Crippen LogP contribution in [0.4, 0.5) is 5.82 Å². The van der Waals surface area contributed by atoms with Crippen LogP contribution in [-0.2, 0) is 4.74 Å². The van der Waals surface area contributed by atoms with E-state index in [9.17, 15) is 0 Å². The lowest BCUT2D eigenvalue weighted by Crippen LogP contribution is -2.26. The Balaban J connectivity index is 1.88. The number of hydrogen-bond acceptors (Lipinski definition) is 5. The van der Waals surface area contributed by atoms with Crippen molar-refractivity contribution in [3.8, 4) is 5.88 Å². The minimum absolute atomic E-state index is 0.122. The lowest BCUT2D eigenvalue weighted by Gasteiger charge is -2.23. The highest BCUT2D eigenvalue weighted by Gasteiger charge is 2.18. The molecule has 0 bridgehead atoms. The highest BCUT2D eigenvalue weighted by molar-refractivity contribution is 5.76. The molecule has 1 aromatic carbocycles. The predicted octanol–water partition coefficient (Wildman–Crippen LogP) is 1.77. The number of nitrogens with two attached hydrogens (primary N) is 1. The normalized spacial score (nSPS) is 16.9. The monoisotopic (exact) mass is 245 g/mol. The zero-order chi connectivity index (χ0) is 12.4. The third-order valence-corrected chi connectivity index (χ3v) is 3.01. The number of fused-ring (bicyclic) bond motifs is 1. The molecule has 94 valence electrons. The summed E-state index contributed by atoms with van der Waals surface area (Å²) in [4.78, 5) is 8.72. The molecular weight excluding hydrogens is 230 g/mol. The van der Waals surface area contributed by atoms with Gasteiger partial charge in [0.1, 0.15) is 6.10 Å². The van der Waals surface area contributed by atoms with Crippen molar-refractivity contribution in [1.29, 1.82) is 0 Å². The van der Waals surface area contributed by atoms with Gasteiger partial charge < -0.3 is 15.2 Å². The maximum atomic E-state index is 5.87. The van der Waals surface area contributed by atoms with E-state index in [0.29, 0.717) is 11.7 Å². The van der Waals surface area contributed by atoms with E-state index in [2.05, 4.69) is 9.97 Å². The van der Waals surface area contributed by atoms with E-state index in [4.69, 9.17) is 15.2 Å². The molecule has 5 nitrogen and oxygen atoms in total. The first-order chi connectivity index (χ1) is 8.83. The van der Waals surface area contributed by atoms with E-state index >= 15 is 0 Å². The minimum Gasteiger partial charge on any atom is -0.472 e. The lowest BCUT2D eigenvalue weighted by atomic mass is 10.1. The van der Waals surface area contributed by atoms with Gasteiger partial charge in [-0.2, -0.15) is 0 Å². The summed E-state index contributed by atoms with van der Waals surface area (Å²) in [6.07, 6.45) is 1.86. The fraction of sp³-hybridized carbons (Fsp3) is 0.385. The summed E-state index contributed by atoms with van der Waals surface area (Å²) >= 11 is 0. The molecule has 2 heterocycles. The molecule has 0 aliphatic carbocycles. The molecule has 5 heteroatoms. The summed E-state index contributed by atoms with van der Waals surface area (Å²) < 4.78 is 11.1. The number of rotatable bonds is 2. The Morgan fingerprint density at radius 2 is 1.78 bits per heavy atom.